The van der Waals surface area contributed by atoms with Crippen molar-refractivity contribution in [3.8, 4) is 0 Å². The van der Waals surface area contributed by atoms with E-state index in [1.165, 1.54) is 31.2 Å². The van der Waals surface area contributed by atoms with Crippen LogP contribution in [-0.2, 0) is 19.5 Å². The molecule has 1 fully saturated rings. The number of hydrogen-bond donors (Lipinski definition) is 2. The molecule has 0 unspecified atom stereocenters. The van der Waals surface area contributed by atoms with Crippen LogP contribution in [0.25, 0.3) is 0 Å². The Morgan fingerprint density at radius 3 is 2.70 bits per heavy atom. The van der Waals surface area contributed by atoms with Crippen LogP contribution in [0.4, 0.5) is 0 Å². The summed E-state index contributed by atoms with van der Waals surface area (Å²) in [6.45, 7) is 4.98. The molecule has 2 N–H and O–H groups in total. The van der Waals surface area contributed by atoms with Crippen LogP contribution in [-0.4, -0.2) is 29.1 Å². The minimum Gasteiger partial charge on any atom is -0.356 e. The van der Waals surface area contributed by atoms with E-state index in [0.29, 0.717) is 12.0 Å². The molecule has 0 aliphatic heterocycles. The van der Waals surface area contributed by atoms with Gasteiger partial charge in [-0.15, -0.1) is 0 Å². The summed E-state index contributed by atoms with van der Waals surface area (Å²) >= 11 is 0. The lowest BCUT2D eigenvalue weighted by atomic mass is 9.67. The van der Waals surface area contributed by atoms with Crippen molar-refractivity contribution < 1.29 is 0 Å². The monoisotopic (exact) mass is 367 g/mol. The van der Waals surface area contributed by atoms with Crippen LogP contribution in [0.15, 0.2) is 47.7 Å². The molecule has 0 amide bonds. The second-order valence-corrected chi connectivity index (χ2v) is 7.61. The largest absolute Gasteiger partial charge is 0.356 e. The molecule has 0 saturated heterocycles. The standard InChI is InChI=1S/C22H33N5/c1-3-22(12-8-13-22)18-26-21(23-2)25-17-20-24-14-16-27(20)15-7-11-19-9-5-4-6-10-19/h4-6,9-10,14,16H,3,7-8,11-13,15,17-18H2,1-2H3,(H2,23,25,26). The first kappa shape index (κ1) is 19.5. The number of guanidine groups is 1. The van der Waals surface area contributed by atoms with Crippen LogP contribution in [0.3, 0.4) is 0 Å². The molecule has 1 aromatic heterocycles. The molecule has 146 valence electrons. The number of hydrogen-bond acceptors (Lipinski definition) is 2. The third kappa shape index (κ3) is 5.34. The van der Waals surface area contributed by atoms with Crippen LogP contribution in [0.5, 0.6) is 0 Å². The summed E-state index contributed by atoms with van der Waals surface area (Å²) in [6.07, 6.45) is 11.4. The van der Waals surface area contributed by atoms with Crippen molar-refractivity contribution in [1.29, 1.82) is 0 Å². The van der Waals surface area contributed by atoms with Crippen molar-refractivity contribution in [3.63, 3.8) is 0 Å². The molecule has 5 heteroatoms. The van der Waals surface area contributed by atoms with Crippen LogP contribution in [0, 0.1) is 5.41 Å². The Hall–Kier alpha value is -2.30. The van der Waals surface area contributed by atoms with Crippen molar-refractivity contribution in [2.45, 2.75) is 58.5 Å². The van der Waals surface area contributed by atoms with Crippen molar-refractivity contribution >= 4 is 5.96 Å². The van der Waals surface area contributed by atoms with Crippen LogP contribution < -0.4 is 10.6 Å². The van der Waals surface area contributed by atoms with E-state index in [0.717, 1.165) is 37.7 Å². The molecule has 1 saturated carbocycles. The van der Waals surface area contributed by atoms with Crippen molar-refractivity contribution in [1.82, 2.24) is 20.2 Å². The maximum Gasteiger partial charge on any atom is 0.191 e. The molecule has 3 rings (SSSR count). The Balaban J connectivity index is 1.44. The van der Waals surface area contributed by atoms with Gasteiger partial charge in [0.25, 0.3) is 0 Å². The van der Waals surface area contributed by atoms with Crippen molar-refractivity contribution in [2.24, 2.45) is 10.4 Å². The van der Waals surface area contributed by atoms with Crippen molar-refractivity contribution in [3.05, 3.63) is 54.1 Å². The van der Waals surface area contributed by atoms with Crippen molar-refractivity contribution in [2.75, 3.05) is 13.6 Å². The van der Waals surface area contributed by atoms with Gasteiger partial charge in [0.05, 0.1) is 6.54 Å². The molecule has 0 radical (unpaired) electrons. The molecular formula is C22H33N5. The highest BCUT2D eigenvalue weighted by Crippen LogP contribution is 2.42. The number of imidazole rings is 1. The zero-order valence-electron chi connectivity index (χ0n) is 16.7. The topological polar surface area (TPSA) is 54.2 Å². The van der Waals surface area contributed by atoms with Gasteiger partial charge >= 0.3 is 0 Å². The molecule has 0 bridgehead atoms. The van der Waals surface area contributed by atoms with Gasteiger partial charge in [0.2, 0.25) is 0 Å². The number of benzene rings is 1. The summed E-state index contributed by atoms with van der Waals surface area (Å²) in [5.41, 5.74) is 1.87. The summed E-state index contributed by atoms with van der Waals surface area (Å²) in [7, 11) is 1.83. The molecular weight excluding hydrogens is 334 g/mol. The molecule has 5 nitrogen and oxygen atoms in total. The fraction of sp³-hybridized carbons (Fsp3) is 0.545. The molecule has 1 aliphatic rings. The average molecular weight is 368 g/mol. The number of aryl methyl sites for hydroxylation is 2. The molecule has 1 heterocycles. The van der Waals surface area contributed by atoms with Gasteiger partial charge in [0.15, 0.2) is 5.96 Å². The third-order valence-electron chi connectivity index (χ3n) is 5.94. The zero-order chi connectivity index (χ0) is 19.0. The summed E-state index contributed by atoms with van der Waals surface area (Å²) in [5.74, 6) is 1.92. The van der Waals surface area contributed by atoms with Gasteiger partial charge in [0.1, 0.15) is 5.82 Å². The minimum atomic E-state index is 0.480. The quantitative estimate of drug-likeness (QED) is 0.524. The fourth-order valence-corrected chi connectivity index (χ4v) is 3.80. The maximum atomic E-state index is 4.52. The van der Waals surface area contributed by atoms with Crippen LogP contribution in [0.1, 0.15) is 50.4 Å². The van der Waals surface area contributed by atoms with E-state index in [4.69, 9.17) is 0 Å². The SMILES string of the molecule is CCC1(CNC(=NC)NCc2nccn2CCCc2ccccc2)CCC1. The number of nitrogens with zero attached hydrogens (tertiary/aromatic N) is 3. The Kier molecular flexibility index (Phi) is 6.91. The summed E-state index contributed by atoms with van der Waals surface area (Å²) in [5, 5.41) is 6.93. The zero-order valence-corrected chi connectivity index (χ0v) is 16.7. The number of rotatable bonds is 9. The molecule has 1 aliphatic carbocycles. The van der Waals surface area contributed by atoms with Gasteiger partial charge in [0, 0.05) is 32.5 Å². The predicted octanol–water partition coefficient (Wildman–Crippen LogP) is 3.76. The minimum absolute atomic E-state index is 0.480. The second kappa shape index (κ2) is 9.58. The Morgan fingerprint density at radius 1 is 1.22 bits per heavy atom. The van der Waals surface area contributed by atoms with Gasteiger partial charge in [-0.05, 0) is 43.1 Å². The molecule has 27 heavy (non-hydrogen) atoms. The summed E-state index contributed by atoms with van der Waals surface area (Å²) < 4.78 is 2.24. The summed E-state index contributed by atoms with van der Waals surface area (Å²) in [4.78, 5) is 8.89. The summed E-state index contributed by atoms with van der Waals surface area (Å²) in [6, 6.07) is 10.7. The lowest BCUT2D eigenvalue weighted by Crippen LogP contribution is -2.46. The van der Waals surface area contributed by atoms with E-state index in [1.54, 1.807) is 0 Å². The molecule has 0 spiro atoms. The predicted molar refractivity (Wildman–Crippen MR) is 112 cm³/mol. The Morgan fingerprint density at radius 2 is 2.04 bits per heavy atom. The maximum absolute atomic E-state index is 4.52. The normalized spacial score (nSPS) is 16.0. The smallest absolute Gasteiger partial charge is 0.191 e. The highest BCUT2D eigenvalue weighted by atomic mass is 15.2. The van der Waals surface area contributed by atoms with E-state index in [9.17, 15) is 0 Å². The van der Waals surface area contributed by atoms with Crippen LogP contribution >= 0.6 is 0 Å². The Bertz CT molecular complexity index is 710. The van der Waals surface area contributed by atoms with E-state index in [1.807, 2.05) is 13.2 Å². The van der Waals surface area contributed by atoms with Crippen LogP contribution in [0.2, 0.25) is 0 Å². The van der Waals surface area contributed by atoms with Gasteiger partial charge in [-0.1, -0.05) is 43.7 Å². The average Bonchev–Trinajstić information content (AvgIpc) is 3.12. The van der Waals surface area contributed by atoms with Gasteiger partial charge in [-0.25, -0.2) is 4.98 Å². The number of nitrogens with one attached hydrogen (secondary N) is 2. The highest BCUT2D eigenvalue weighted by molar-refractivity contribution is 5.79. The van der Waals surface area contributed by atoms with Gasteiger partial charge in [-0.2, -0.15) is 0 Å². The molecule has 1 aromatic carbocycles. The van der Waals surface area contributed by atoms with Gasteiger partial charge < -0.3 is 15.2 Å². The molecule has 0 atom stereocenters. The molecule has 2 aromatic rings. The van der Waals surface area contributed by atoms with Gasteiger partial charge in [-0.3, -0.25) is 4.99 Å². The fourth-order valence-electron chi connectivity index (χ4n) is 3.80. The first-order chi connectivity index (χ1) is 13.2. The van der Waals surface area contributed by atoms with E-state index in [-0.39, 0.29) is 0 Å². The lowest BCUT2D eigenvalue weighted by molar-refractivity contribution is 0.131. The first-order valence-electron chi connectivity index (χ1n) is 10.2. The first-order valence-corrected chi connectivity index (χ1v) is 10.2. The second-order valence-electron chi connectivity index (χ2n) is 7.61. The third-order valence-corrected chi connectivity index (χ3v) is 5.94. The number of aliphatic imine (C=N–C) groups is 1. The highest BCUT2D eigenvalue weighted by Gasteiger charge is 2.34. The van der Waals surface area contributed by atoms with E-state index in [2.05, 4.69) is 68.6 Å². The lowest BCUT2D eigenvalue weighted by Gasteiger charge is -2.41. The Labute approximate surface area is 163 Å². The van der Waals surface area contributed by atoms with E-state index < -0.39 is 0 Å². The van der Waals surface area contributed by atoms with E-state index >= 15 is 0 Å². The number of aromatic nitrogens is 2.